The number of piperidine rings is 1. The van der Waals surface area contributed by atoms with Gasteiger partial charge in [-0.3, -0.25) is 9.69 Å². The largest absolute Gasteiger partial charge is 0.444 e. The first-order chi connectivity index (χ1) is 17.0. The molecule has 2 aromatic heterocycles. The number of hydrogen-bond acceptors (Lipinski definition) is 8. The van der Waals surface area contributed by atoms with E-state index < -0.39 is 17.7 Å². The predicted molar refractivity (Wildman–Crippen MR) is 136 cm³/mol. The van der Waals surface area contributed by atoms with Gasteiger partial charge >= 0.3 is 6.09 Å². The van der Waals surface area contributed by atoms with Crippen molar-refractivity contribution in [3.05, 3.63) is 53.2 Å². The monoisotopic (exact) mass is 559 g/mol. The zero-order valence-electron chi connectivity index (χ0n) is 20.6. The molecule has 1 aliphatic carbocycles. The third-order valence-corrected chi connectivity index (χ3v) is 6.62. The van der Waals surface area contributed by atoms with Gasteiger partial charge in [0.15, 0.2) is 5.82 Å². The molecule has 2 amide bonds. The second kappa shape index (κ2) is 10.1. The van der Waals surface area contributed by atoms with E-state index >= 15 is 0 Å². The summed E-state index contributed by atoms with van der Waals surface area (Å²) in [5.41, 5.74) is -0.340. The number of likely N-dealkylation sites (tertiary alicyclic amines) is 1. The molecule has 1 N–H and O–H groups in total. The van der Waals surface area contributed by atoms with Crippen LogP contribution in [0.2, 0.25) is 0 Å². The zero-order valence-corrected chi connectivity index (χ0v) is 22.2. The molecular weight excluding hydrogens is 530 g/mol. The maximum atomic E-state index is 13.6. The van der Waals surface area contributed by atoms with E-state index in [0.717, 1.165) is 6.42 Å². The van der Waals surface area contributed by atoms with Crippen LogP contribution in [0, 0.1) is 5.41 Å². The molecule has 192 valence electrons. The molecule has 2 fully saturated rings. The van der Waals surface area contributed by atoms with Crippen molar-refractivity contribution in [3.8, 4) is 0 Å². The summed E-state index contributed by atoms with van der Waals surface area (Å²) in [6.07, 6.45) is 4.24. The summed E-state index contributed by atoms with van der Waals surface area (Å²) in [4.78, 5) is 37.1. The first-order valence-corrected chi connectivity index (χ1v) is 12.5. The van der Waals surface area contributed by atoms with E-state index in [2.05, 4.69) is 49.5 Å². The van der Waals surface area contributed by atoms with E-state index in [4.69, 9.17) is 14.0 Å². The van der Waals surface area contributed by atoms with Gasteiger partial charge < -0.3 is 19.3 Å². The van der Waals surface area contributed by atoms with Crippen molar-refractivity contribution in [2.75, 3.05) is 11.9 Å². The van der Waals surface area contributed by atoms with E-state index in [9.17, 15) is 9.59 Å². The van der Waals surface area contributed by atoms with Gasteiger partial charge in [-0.1, -0.05) is 23.9 Å². The van der Waals surface area contributed by atoms with E-state index in [1.165, 1.54) is 6.08 Å². The Morgan fingerprint density at radius 2 is 2.08 bits per heavy atom. The molecule has 10 nitrogen and oxygen atoms in total. The fourth-order valence-corrected chi connectivity index (χ4v) is 4.86. The highest BCUT2D eigenvalue weighted by molar-refractivity contribution is 9.10. The van der Waals surface area contributed by atoms with Crippen LogP contribution in [0.25, 0.3) is 6.08 Å². The van der Waals surface area contributed by atoms with Gasteiger partial charge in [0.2, 0.25) is 11.8 Å². The Morgan fingerprint density at radius 1 is 1.31 bits per heavy atom. The lowest BCUT2D eigenvalue weighted by Gasteiger charge is -2.30. The number of amides is 2. The Kier molecular flexibility index (Phi) is 7.33. The summed E-state index contributed by atoms with van der Waals surface area (Å²) < 4.78 is 17.1. The van der Waals surface area contributed by atoms with Gasteiger partial charge in [-0.05, 0) is 61.7 Å². The van der Waals surface area contributed by atoms with Gasteiger partial charge in [0.1, 0.15) is 22.1 Å². The van der Waals surface area contributed by atoms with Crippen LogP contribution in [-0.2, 0) is 27.3 Å². The molecule has 1 aliphatic heterocycles. The van der Waals surface area contributed by atoms with Crippen molar-refractivity contribution in [3.63, 3.8) is 0 Å². The topological polar surface area (TPSA) is 120 Å². The van der Waals surface area contributed by atoms with Crippen molar-refractivity contribution < 1.29 is 23.6 Å². The third kappa shape index (κ3) is 5.67. The van der Waals surface area contributed by atoms with E-state index in [-0.39, 0.29) is 24.0 Å². The molecule has 0 spiro atoms. The van der Waals surface area contributed by atoms with Gasteiger partial charge in [-0.25, -0.2) is 9.78 Å². The number of nitrogens with zero attached hydrogens (tertiary/aromatic N) is 4. The van der Waals surface area contributed by atoms with Crippen molar-refractivity contribution in [1.29, 1.82) is 0 Å². The summed E-state index contributed by atoms with van der Waals surface area (Å²) in [7, 11) is 0. The highest BCUT2D eigenvalue weighted by Gasteiger charge is 2.68. The van der Waals surface area contributed by atoms with Crippen LogP contribution < -0.4 is 5.32 Å². The van der Waals surface area contributed by atoms with Crippen molar-refractivity contribution in [1.82, 2.24) is 20.0 Å². The fraction of sp³-hybridized carbons (Fsp3) is 0.480. The third-order valence-electron chi connectivity index (χ3n) is 6.17. The van der Waals surface area contributed by atoms with Crippen molar-refractivity contribution in [2.24, 2.45) is 5.41 Å². The molecule has 11 heteroatoms. The van der Waals surface area contributed by atoms with E-state index in [0.29, 0.717) is 47.1 Å². The Labute approximate surface area is 218 Å². The Morgan fingerprint density at radius 3 is 2.75 bits per heavy atom. The number of carbonyl (C=O) groups is 2. The molecule has 4 rings (SSSR count). The molecular formula is C25H30BrN5O5. The predicted octanol–water partition coefficient (Wildman–Crippen LogP) is 4.52. The molecule has 0 radical (unpaired) electrons. The number of ether oxygens (including phenoxy) is 2. The summed E-state index contributed by atoms with van der Waals surface area (Å²) in [5.74, 6) is 0.875. The molecule has 1 saturated carbocycles. The highest BCUT2D eigenvalue weighted by Crippen LogP contribution is 2.61. The standard InChI is InChI=1S/C25H30BrN5O5/c1-6-10-34-14-15-8-9-18(26)27-21(15)29-22(32)16-11-25(13-20-28-19(7-2)30-36-20)12-17(25)31(16)23(33)35-24(3,4)5/h6-9,16-17H,1-2,10-14H2,3-5H3,(H,27,29,32)/t16-,17+,25-/m0/s1. The lowest BCUT2D eigenvalue weighted by atomic mass is 9.95. The minimum absolute atomic E-state index is 0.173. The average molecular weight is 560 g/mol. The first-order valence-electron chi connectivity index (χ1n) is 11.7. The summed E-state index contributed by atoms with van der Waals surface area (Å²) in [6, 6.07) is 2.68. The Bertz CT molecular complexity index is 1180. The van der Waals surface area contributed by atoms with Crippen LogP contribution in [0.3, 0.4) is 0 Å². The number of fused-ring (bicyclic) bond motifs is 1. The molecule has 0 unspecified atom stereocenters. The number of pyridine rings is 1. The zero-order chi connectivity index (χ0) is 26.1. The van der Waals surface area contributed by atoms with Crippen LogP contribution in [0.4, 0.5) is 10.6 Å². The smallest absolute Gasteiger partial charge is 0.411 e. The number of rotatable bonds is 9. The van der Waals surface area contributed by atoms with Gasteiger partial charge in [0.05, 0.1) is 13.2 Å². The minimum Gasteiger partial charge on any atom is -0.444 e. The molecule has 2 aromatic rings. The number of hydrogen-bond donors (Lipinski definition) is 1. The van der Waals surface area contributed by atoms with Crippen molar-refractivity contribution in [2.45, 2.75) is 64.3 Å². The quantitative estimate of drug-likeness (QED) is 0.270. The summed E-state index contributed by atoms with van der Waals surface area (Å²) >= 11 is 3.36. The molecule has 3 atom stereocenters. The van der Waals surface area contributed by atoms with E-state index in [1.54, 1.807) is 37.8 Å². The maximum Gasteiger partial charge on any atom is 0.411 e. The second-order valence-corrected chi connectivity index (χ2v) is 10.9. The van der Waals surface area contributed by atoms with Crippen LogP contribution in [-0.4, -0.2) is 56.3 Å². The number of carbonyl (C=O) groups excluding carboxylic acids is 2. The molecule has 0 aromatic carbocycles. The maximum absolute atomic E-state index is 13.6. The summed E-state index contributed by atoms with van der Waals surface area (Å²) in [5, 5.41) is 6.77. The van der Waals surface area contributed by atoms with Gasteiger partial charge in [-0.15, -0.1) is 6.58 Å². The summed E-state index contributed by atoms with van der Waals surface area (Å²) in [6.45, 7) is 13.3. The lowest BCUT2D eigenvalue weighted by Crippen LogP contribution is -2.47. The second-order valence-electron chi connectivity index (χ2n) is 10.1. The fourth-order valence-electron chi connectivity index (χ4n) is 4.55. The van der Waals surface area contributed by atoms with Gasteiger partial charge in [-0.2, -0.15) is 4.98 Å². The van der Waals surface area contributed by atoms with Crippen LogP contribution >= 0.6 is 15.9 Å². The first kappa shape index (κ1) is 26.0. The molecule has 36 heavy (non-hydrogen) atoms. The van der Waals surface area contributed by atoms with Crippen LogP contribution in [0.5, 0.6) is 0 Å². The molecule has 2 aliphatic rings. The number of nitrogens with one attached hydrogen (secondary N) is 1. The molecule has 0 bridgehead atoms. The number of halogens is 1. The average Bonchev–Trinajstić information content (AvgIpc) is 3.13. The van der Waals surface area contributed by atoms with Crippen LogP contribution in [0.1, 0.15) is 50.9 Å². The number of aromatic nitrogens is 3. The van der Waals surface area contributed by atoms with Crippen LogP contribution in [0.15, 0.2) is 40.5 Å². The Hall–Kier alpha value is -3.05. The normalized spacial score (nSPS) is 22.6. The minimum atomic E-state index is -0.747. The van der Waals surface area contributed by atoms with Crippen molar-refractivity contribution >= 4 is 39.8 Å². The molecule has 1 saturated heterocycles. The lowest BCUT2D eigenvalue weighted by molar-refractivity contribution is -0.121. The van der Waals surface area contributed by atoms with E-state index in [1.807, 2.05) is 6.07 Å². The number of anilines is 1. The molecule has 3 heterocycles. The van der Waals surface area contributed by atoms with Gasteiger partial charge in [0.25, 0.3) is 0 Å². The Balaban J connectivity index is 1.57. The highest BCUT2D eigenvalue weighted by atomic mass is 79.9. The SMILES string of the molecule is C=CCOCc1ccc(Br)nc1NC(=O)[C@@H]1C[C@@]2(Cc3nc(C=C)no3)C[C@H]2N1C(=O)OC(C)(C)C. The van der Waals surface area contributed by atoms with Gasteiger partial charge in [0, 0.05) is 23.4 Å².